The zero-order chi connectivity index (χ0) is 14.6. The van der Waals surface area contributed by atoms with Crippen LogP contribution >= 0.6 is 0 Å². The van der Waals surface area contributed by atoms with Crippen LogP contribution in [-0.4, -0.2) is 40.1 Å². The number of carbonyl (C=O) groups excluding carboxylic acids is 1. The molecule has 0 rings (SSSR count). The quantitative estimate of drug-likeness (QED) is 0.769. The van der Waals surface area contributed by atoms with Crippen LogP contribution in [0.15, 0.2) is 0 Å². The topological polar surface area (TPSA) is 69.6 Å². The maximum absolute atomic E-state index is 12.1. The van der Waals surface area contributed by atoms with Crippen LogP contribution in [0.4, 0.5) is 4.79 Å². The largest absolute Gasteiger partial charge is 0.481 e. The lowest BCUT2D eigenvalue weighted by Crippen LogP contribution is -2.54. The molecule has 0 aromatic carbocycles. The van der Waals surface area contributed by atoms with E-state index < -0.39 is 11.5 Å². The Morgan fingerprint density at radius 1 is 1.22 bits per heavy atom. The number of urea groups is 1. The van der Waals surface area contributed by atoms with Crippen LogP contribution in [0.2, 0.25) is 0 Å². The first-order chi connectivity index (χ1) is 8.02. The van der Waals surface area contributed by atoms with Gasteiger partial charge in [-0.2, -0.15) is 0 Å². The number of nitrogens with one attached hydrogen (secondary N) is 1. The van der Waals surface area contributed by atoms with Crippen molar-refractivity contribution < 1.29 is 14.7 Å². The number of rotatable bonds is 6. The summed E-state index contributed by atoms with van der Waals surface area (Å²) < 4.78 is 0. The van der Waals surface area contributed by atoms with Gasteiger partial charge < -0.3 is 15.3 Å². The Hall–Kier alpha value is -1.26. The molecule has 0 aliphatic carbocycles. The predicted octanol–water partition coefficient (Wildman–Crippen LogP) is 2.46. The maximum atomic E-state index is 12.1. The molecule has 0 aliphatic rings. The highest BCUT2D eigenvalue weighted by Gasteiger charge is 2.29. The number of amides is 2. The molecule has 0 aromatic heterocycles. The van der Waals surface area contributed by atoms with Gasteiger partial charge in [-0.3, -0.25) is 4.79 Å². The number of carboxylic acid groups (broad SMARTS) is 1. The number of hydrogen-bond acceptors (Lipinski definition) is 2. The molecule has 2 N–H and O–H groups in total. The molecule has 18 heavy (non-hydrogen) atoms. The summed E-state index contributed by atoms with van der Waals surface area (Å²) >= 11 is 0. The summed E-state index contributed by atoms with van der Waals surface area (Å²) in [5, 5.41) is 11.5. The third kappa shape index (κ3) is 5.38. The number of carbonyl (C=O) groups is 2. The Kier molecular flexibility index (Phi) is 5.64. The minimum absolute atomic E-state index is 0.0498. The van der Waals surface area contributed by atoms with Crippen LogP contribution < -0.4 is 5.32 Å². The first-order valence-electron chi connectivity index (χ1n) is 6.29. The maximum Gasteiger partial charge on any atom is 0.317 e. The standard InChI is InChI=1S/C13H26N2O3/c1-7-13(4,5)15(6)11(18)14-12(2,3)9-8-10(16)17/h7-9H2,1-6H3,(H,14,18)(H,16,17). The Bertz CT molecular complexity index is 311. The lowest BCUT2D eigenvalue weighted by atomic mass is 9.97. The van der Waals surface area contributed by atoms with Gasteiger partial charge in [-0.15, -0.1) is 0 Å². The third-order valence-corrected chi connectivity index (χ3v) is 3.49. The first-order valence-corrected chi connectivity index (χ1v) is 6.29. The van der Waals surface area contributed by atoms with E-state index in [1.807, 2.05) is 34.6 Å². The van der Waals surface area contributed by atoms with E-state index in [2.05, 4.69) is 5.32 Å². The van der Waals surface area contributed by atoms with E-state index in [1.165, 1.54) is 0 Å². The molecule has 0 aliphatic heterocycles. The highest BCUT2D eigenvalue weighted by atomic mass is 16.4. The van der Waals surface area contributed by atoms with Crippen molar-refractivity contribution in [3.63, 3.8) is 0 Å². The fraction of sp³-hybridized carbons (Fsp3) is 0.846. The van der Waals surface area contributed by atoms with Crippen molar-refractivity contribution in [2.45, 2.75) is 65.0 Å². The molecule has 0 spiro atoms. The van der Waals surface area contributed by atoms with Gasteiger partial charge in [0.1, 0.15) is 0 Å². The van der Waals surface area contributed by atoms with Gasteiger partial charge in [0.25, 0.3) is 0 Å². The van der Waals surface area contributed by atoms with E-state index in [-0.39, 0.29) is 18.0 Å². The summed E-state index contributed by atoms with van der Waals surface area (Å²) in [6, 6.07) is -0.169. The van der Waals surface area contributed by atoms with Gasteiger partial charge in [0.05, 0.1) is 0 Å². The zero-order valence-electron chi connectivity index (χ0n) is 12.3. The highest BCUT2D eigenvalue weighted by molar-refractivity contribution is 5.75. The molecule has 0 bridgehead atoms. The summed E-state index contributed by atoms with van der Waals surface area (Å²) in [5.41, 5.74) is -0.736. The van der Waals surface area contributed by atoms with Crippen molar-refractivity contribution >= 4 is 12.0 Å². The lowest BCUT2D eigenvalue weighted by Gasteiger charge is -2.37. The average molecular weight is 258 g/mol. The number of carboxylic acids is 1. The zero-order valence-corrected chi connectivity index (χ0v) is 12.3. The van der Waals surface area contributed by atoms with E-state index in [0.29, 0.717) is 6.42 Å². The van der Waals surface area contributed by atoms with Crippen molar-refractivity contribution in [1.82, 2.24) is 10.2 Å². The Balaban J connectivity index is 4.50. The van der Waals surface area contributed by atoms with Crippen LogP contribution in [-0.2, 0) is 4.79 Å². The van der Waals surface area contributed by atoms with Crippen LogP contribution in [0.1, 0.15) is 53.9 Å². The van der Waals surface area contributed by atoms with Gasteiger partial charge in [-0.05, 0) is 40.5 Å². The molecular formula is C13H26N2O3. The van der Waals surface area contributed by atoms with Gasteiger partial charge in [0.15, 0.2) is 0 Å². The molecule has 0 aromatic rings. The van der Waals surface area contributed by atoms with E-state index in [0.717, 1.165) is 6.42 Å². The molecule has 0 fully saturated rings. The second kappa shape index (κ2) is 6.07. The summed E-state index contributed by atoms with van der Waals surface area (Å²) in [6.45, 7) is 9.69. The van der Waals surface area contributed by atoms with Crippen molar-refractivity contribution in [1.29, 1.82) is 0 Å². The van der Waals surface area contributed by atoms with Crippen LogP contribution in [0, 0.1) is 0 Å². The molecule has 0 heterocycles. The minimum atomic E-state index is -0.848. The average Bonchev–Trinajstić information content (AvgIpc) is 2.24. The monoisotopic (exact) mass is 258 g/mol. The molecule has 5 heteroatoms. The fourth-order valence-electron chi connectivity index (χ4n) is 1.37. The predicted molar refractivity (Wildman–Crippen MR) is 71.6 cm³/mol. The van der Waals surface area contributed by atoms with Crippen molar-refractivity contribution in [2.75, 3.05) is 7.05 Å². The lowest BCUT2D eigenvalue weighted by molar-refractivity contribution is -0.137. The molecule has 0 radical (unpaired) electrons. The molecule has 0 saturated heterocycles. The second-order valence-corrected chi connectivity index (χ2v) is 5.93. The molecule has 5 nitrogen and oxygen atoms in total. The van der Waals surface area contributed by atoms with Crippen LogP contribution in [0.25, 0.3) is 0 Å². The van der Waals surface area contributed by atoms with Crippen molar-refractivity contribution in [2.24, 2.45) is 0 Å². The van der Waals surface area contributed by atoms with Gasteiger partial charge in [-0.25, -0.2) is 4.79 Å². The number of aliphatic carboxylic acids is 1. The van der Waals surface area contributed by atoms with E-state index in [4.69, 9.17) is 5.11 Å². The summed E-state index contributed by atoms with van der Waals surface area (Å²) in [4.78, 5) is 24.3. The Morgan fingerprint density at radius 3 is 2.11 bits per heavy atom. The van der Waals surface area contributed by atoms with E-state index in [1.54, 1.807) is 11.9 Å². The Morgan fingerprint density at radius 2 is 1.72 bits per heavy atom. The molecule has 106 valence electrons. The number of nitrogens with zero attached hydrogens (tertiary/aromatic N) is 1. The van der Waals surface area contributed by atoms with Crippen LogP contribution in [0.3, 0.4) is 0 Å². The SMILES string of the molecule is CCC(C)(C)N(C)C(=O)NC(C)(C)CCC(=O)O. The normalized spacial score (nSPS) is 12.1. The molecular weight excluding hydrogens is 232 g/mol. The fourth-order valence-corrected chi connectivity index (χ4v) is 1.37. The molecule has 0 atom stereocenters. The van der Waals surface area contributed by atoms with Gasteiger partial charge >= 0.3 is 12.0 Å². The molecule has 0 saturated carbocycles. The number of hydrogen-bond donors (Lipinski definition) is 2. The van der Waals surface area contributed by atoms with Gasteiger partial charge in [0.2, 0.25) is 0 Å². The smallest absolute Gasteiger partial charge is 0.317 e. The van der Waals surface area contributed by atoms with E-state index >= 15 is 0 Å². The Labute approximate surface area is 110 Å². The van der Waals surface area contributed by atoms with Crippen molar-refractivity contribution in [3.05, 3.63) is 0 Å². The van der Waals surface area contributed by atoms with E-state index in [9.17, 15) is 9.59 Å². The second-order valence-electron chi connectivity index (χ2n) is 5.93. The van der Waals surface area contributed by atoms with Crippen molar-refractivity contribution in [3.8, 4) is 0 Å². The van der Waals surface area contributed by atoms with Gasteiger partial charge in [0, 0.05) is 24.5 Å². The first kappa shape index (κ1) is 16.7. The highest BCUT2D eigenvalue weighted by Crippen LogP contribution is 2.18. The summed E-state index contributed by atoms with van der Waals surface area (Å²) in [6.07, 6.45) is 1.31. The minimum Gasteiger partial charge on any atom is -0.481 e. The summed E-state index contributed by atoms with van der Waals surface area (Å²) in [5.74, 6) is -0.848. The molecule has 2 amide bonds. The van der Waals surface area contributed by atoms with Crippen LogP contribution in [0.5, 0.6) is 0 Å². The summed E-state index contributed by atoms with van der Waals surface area (Å²) in [7, 11) is 1.76. The van der Waals surface area contributed by atoms with Gasteiger partial charge in [-0.1, -0.05) is 6.92 Å². The molecule has 0 unspecified atom stereocenters. The third-order valence-electron chi connectivity index (χ3n) is 3.49.